The summed E-state index contributed by atoms with van der Waals surface area (Å²) in [6, 6.07) is 0. The summed E-state index contributed by atoms with van der Waals surface area (Å²) in [5.74, 6) is 0.747. The molecule has 4 nitrogen and oxygen atoms in total. The zero-order valence-corrected chi connectivity index (χ0v) is 10.2. The molecule has 15 heavy (non-hydrogen) atoms. The fraction of sp³-hybridized carbons (Fsp3) is 0.600. The van der Waals surface area contributed by atoms with Crippen LogP contribution in [0.5, 0.6) is 0 Å². The average molecular weight is 230 g/mol. The fourth-order valence-electron chi connectivity index (χ4n) is 1.45. The molecule has 0 atom stereocenters. The molecule has 0 saturated heterocycles. The van der Waals surface area contributed by atoms with Gasteiger partial charge in [-0.2, -0.15) is 0 Å². The van der Waals surface area contributed by atoms with Gasteiger partial charge in [-0.3, -0.25) is 0 Å². The van der Waals surface area contributed by atoms with Crippen molar-refractivity contribution in [2.45, 2.75) is 26.4 Å². The van der Waals surface area contributed by atoms with Gasteiger partial charge in [0.1, 0.15) is 5.82 Å². The van der Waals surface area contributed by atoms with E-state index >= 15 is 0 Å². The number of nitrogens with zero attached hydrogens (tertiary/aromatic N) is 3. The summed E-state index contributed by atoms with van der Waals surface area (Å²) < 4.78 is 0. The number of hydrogen-bond donors (Lipinski definition) is 1. The van der Waals surface area contributed by atoms with Gasteiger partial charge in [-0.25, -0.2) is 9.97 Å². The first-order valence-corrected chi connectivity index (χ1v) is 5.10. The minimum Gasteiger partial charge on any atom is -0.389 e. The van der Waals surface area contributed by atoms with Gasteiger partial charge in [0.2, 0.25) is 5.28 Å². The Hall–Kier alpha value is -0.870. The minimum atomic E-state index is -0.765. The summed E-state index contributed by atoms with van der Waals surface area (Å²) in [6.45, 7) is 5.90. The van der Waals surface area contributed by atoms with Gasteiger partial charge in [0.25, 0.3) is 0 Å². The van der Waals surface area contributed by atoms with Crippen molar-refractivity contribution in [3.8, 4) is 0 Å². The lowest BCUT2D eigenvalue weighted by atomic mass is 10.1. The molecule has 84 valence electrons. The summed E-state index contributed by atoms with van der Waals surface area (Å²) in [7, 11) is 1.86. The number of aromatic nitrogens is 2. The van der Waals surface area contributed by atoms with E-state index in [9.17, 15) is 5.11 Å². The molecule has 1 aromatic rings. The maximum absolute atomic E-state index is 9.69. The molecule has 0 fully saturated rings. The van der Waals surface area contributed by atoms with Crippen LogP contribution in [0.15, 0.2) is 6.20 Å². The molecule has 0 spiro atoms. The standard InChI is InChI=1S/C10H16ClN3O/c1-7-5-12-9(11)13-8(7)14(4)6-10(2,3)15/h5,15H,6H2,1-4H3. The van der Waals surface area contributed by atoms with E-state index in [0.717, 1.165) is 11.4 Å². The van der Waals surface area contributed by atoms with Gasteiger partial charge in [0, 0.05) is 25.4 Å². The highest BCUT2D eigenvalue weighted by molar-refractivity contribution is 6.28. The molecule has 0 aliphatic carbocycles. The van der Waals surface area contributed by atoms with E-state index in [2.05, 4.69) is 9.97 Å². The van der Waals surface area contributed by atoms with E-state index in [4.69, 9.17) is 11.6 Å². The summed E-state index contributed by atoms with van der Waals surface area (Å²) in [5, 5.41) is 9.91. The van der Waals surface area contributed by atoms with Gasteiger partial charge in [0.05, 0.1) is 5.60 Å². The van der Waals surface area contributed by atoms with E-state index in [0.29, 0.717) is 6.54 Å². The van der Waals surface area contributed by atoms with E-state index in [-0.39, 0.29) is 5.28 Å². The smallest absolute Gasteiger partial charge is 0.224 e. The normalized spacial score (nSPS) is 11.6. The molecule has 1 rings (SSSR count). The number of hydrogen-bond acceptors (Lipinski definition) is 4. The Bertz CT molecular complexity index is 349. The number of rotatable bonds is 3. The third-order valence-electron chi connectivity index (χ3n) is 1.90. The topological polar surface area (TPSA) is 49.2 Å². The monoisotopic (exact) mass is 229 g/mol. The highest BCUT2D eigenvalue weighted by Gasteiger charge is 2.18. The summed E-state index contributed by atoms with van der Waals surface area (Å²) in [6.07, 6.45) is 1.67. The van der Waals surface area contributed by atoms with Gasteiger partial charge in [-0.05, 0) is 32.4 Å². The fourth-order valence-corrected chi connectivity index (χ4v) is 1.58. The third kappa shape index (κ3) is 3.64. The van der Waals surface area contributed by atoms with Crippen LogP contribution in [-0.2, 0) is 0 Å². The highest BCUT2D eigenvalue weighted by atomic mass is 35.5. The molecule has 5 heteroatoms. The molecule has 0 aliphatic rings. The molecule has 0 aliphatic heterocycles. The number of likely N-dealkylation sites (N-methyl/N-ethyl adjacent to an activating group) is 1. The van der Waals surface area contributed by atoms with Crippen molar-refractivity contribution < 1.29 is 5.11 Å². The van der Waals surface area contributed by atoms with Crippen molar-refractivity contribution in [1.82, 2.24) is 9.97 Å². The van der Waals surface area contributed by atoms with Crippen molar-refractivity contribution in [2.75, 3.05) is 18.5 Å². The predicted octanol–water partition coefficient (Wildman–Crippen LogP) is 1.65. The van der Waals surface area contributed by atoms with Crippen LogP contribution in [0.4, 0.5) is 5.82 Å². The van der Waals surface area contributed by atoms with Crippen LogP contribution in [-0.4, -0.2) is 34.3 Å². The molecular formula is C10H16ClN3O. The minimum absolute atomic E-state index is 0.221. The summed E-state index contributed by atoms with van der Waals surface area (Å²) in [4.78, 5) is 9.87. The van der Waals surface area contributed by atoms with Crippen LogP contribution in [0.2, 0.25) is 5.28 Å². The van der Waals surface area contributed by atoms with Crippen molar-refractivity contribution in [3.05, 3.63) is 17.0 Å². The van der Waals surface area contributed by atoms with Gasteiger partial charge < -0.3 is 10.0 Å². The second kappa shape index (κ2) is 4.33. The molecule has 0 bridgehead atoms. The molecule has 0 amide bonds. The zero-order chi connectivity index (χ0) is 11.6. The van der Waals surface area contributed by atoms with Gasteiger partial charge in [0.15, 0.2) is 0 Å². The predicted molar refractivity (Wildman–Crippen MR) is 61.3 cm³/mol. The quantitative estimate of drug-likeness (QED) is 0.801. The van der Waals surface area contributed by atoms with Gasteiger partial charge >= 0.3 is 0 Å². The number of halogens is 1. The maximum Gasteiger partial charge on any atom is 0.224 e. The molecule has 0 aromatic carbocycles. The maximum atomic E-state index is 9.69. The molecule has 1 heterocycles. The Labute approximate surface area is 94.9 Å². The zero-order valence-electron chi connectivity index (χ0n) is 9.45. The summed E-state index contributed by atoms with van der Waals surface area (Å²) >= 11 is 5.72. The first-order valence-electron chi connectivity index (χ1n) is 4.72. The van der Waals surface area contributed by atoms with Crippen LogP contribution in [0.25, 0.3) is 0 Å². The molecule has 0 unspecified atom stereocenters. The Balaban J connectivity index is 2.90. The lowest BCUT2D eigenvalue weighted by Gasteiger charge is -2.27. The highest BCUT2D eigenvalue weighted by Crippen LogP contribution is 2.18. The molecular weight excluding hydrogens is 214 g/mol. The van der Waals surface area contributed by atoms with Crippen LogP contribution < -0.4 is 4.90 Å². The summed E-state index contributed by atoms with van der Waals surface area (Å²) in [5.41, 5.74) is 0.171. The van der Waals surface area contributed by atoms with Crippen molar-refractivity contribution >= 4 is 17.4 Å². The van der Waals surface area contributed by atoms with Crippen molar-refractivity contribution in [2.24, 2.45) is 0 Å². The Morgan fingerprint density at radius 3 is 2.67 bits per heavy atom. The van der Waals surface area contributed by atoms with Gasteiger partial charge in [-0.1, -0.05) is 0 Å². The third-order valence-corrected chi connectivity index (χ3v) is 2.08. The van der Waals surface area contributed by atoms with Crippen molar-refractivity contribution in [1.29, 1.82) is 0 Å². The second-order valence-electron chi connectivity index (χ2n) is 4.31. The Morgan fingerprint density at radius 1 is 1.53 bits per heavy atom. The Morgan fingerprint density at radius 2 is 2.13 bits per heavy atom. The van der Waals surface area contributed by atoms with Crippen molar-refractivity contribution in [3.63, 3.8) is 0 Å². The Kier molecular flexibility index (Phi) is 3.52. The second-order valence-corrected chi connectivity index (χ2v) is 4.65. The lowest BCUT2D eigenvalue weighted by molar-refractivity contribution is 0.0884. The lowest BCUT2D eigenvalue weighted by Crippen LogP contribution is -2.37. The molecule has 1 aromatic heterocycles. The number of aliphatic hydroxyl groups is 1. The van der Waals surface area contributed by atoms with Crippen LogP contribution in [0.1, 0.15) is 19.4 Å². The van der Waals surface area contributed by atoms with E-state index < -0.39 is 5.60 Å². The first kappa shape index (κ1) is 12.2. The first-order chi connectivity index (χ1) is 6.79. The number of aryl methyl sites for hydroxylation is 1. The van der Waals surface area contributed by atoms with Gasteiger partial charge in [-0.15, -0.1) is 0 Å². The van der Waals surface area contributed by atoms with Crippen LogP contribution >= 0.6 is 11.6 Å². The van der Waals surface area contributed by atoms with Crippen LogP contribution in [0, 0.1) is 6.92 Å². The van der Waals surface area contributed by atoms with E-state index in [1.54, 1.807) is 20.0 Å². The number of anilines is 1. The van der Waals surface area contributed by atoms with Crippen LogP contribution in [0.3, 0.4) is 0 Å². The molecule has 1 N–H and O–H groups in total. The molecule has 0 radical (unpaired) electrons. The average Bonchev–Trinajstić information content (AvgIpc) is 2.06. The van der Waals surface area contributed by atoms with E-state index in [1.807, 2.05) is 18.9 Å². The SMILES string of the molecule is Cc1cnc(Cl)nc1N(C)CC(C)(C)O. The van der Waals surface area contributed by atoms with E-state index in [1.165, 1.54) is 0 Å². The molecule has 0 saturated carbocycles. The largest absolute Gasteiger partial charge is 0.389 e.